The molecule has 0 aromatic heterocycles. The molecule has 39 heavy (non-hydrogen) atoms. The Kier molecular flexibility index (Phi) is 9.87. The summed E-state index contributed by atoms with van der Waals surface area (Å²) in [6.07, 6.45) is 3.28. The average molecular weight is 552 g/mol. The van der Waals surface area contributed by atoms with Crippen molar-refractivity contribution in [3.8, 4) is 0 Å². The Morgan fingerprint density at radius 3 is 1.82 bits per heavy atom. The first kappa shape index (κ1) is 31.1. The number of esters is 1. The Hall–Kier alpha value is -2.44. The predicted molar refractivity (Wildman–Crippen MR) is 162 cm³/mol. The minimum atomic E-state index is -2.71. The van der Waals surface area contributed by atoms with Gasteiger partial charge in [0.2, 0.25) is 5.91 Å². The van der Waals surface area contributed by atoms with E-state index in [0.717, 1.165) is 19.3 Å². The summed E-state index contributed by atoms with van der Waals surface area (Å²) in [5, 5.41) is 2.38. The van der Waals surface area contributed by atoms with Crippen LogP contribution in [0.2, 0.25) is 5.04 Å². The second-order valence-electron chi connectivity index (χ2n) is 13.4. The fraction of sp³-hybridized carbons (Fsp3) is 0.576. The van der Waals surface area contributed by atoms with Crippen LogP contribution in [0.4, 0.5) is 0 Å². The lowest BCUT2D eigenvalue weighted by molar-refractivity contribution is -0.167. The van der Waals surface area contributed by atoms with E-state index in [1.165, 1.54) is 10.4 Å². The molecule has 1 aliphatic rings. The number of nitrogens with zero attached hydrogens (tertiary/aromatic N) is 1. The van der Waals surface area contributed by atoms with E-state index in [2.05, 4.69) is 81.4 Å². The molecule has 2 aromatic carbocycles. The highest BCUT2D eigenvalue weighted by molar-refractivity contribution is 6.99. The maximum atomic E-state index is 13.8. The van der Waals surface area contributed by atoms with E-state index in [-0.39, 0.29) is 34.9 Å². The highest BCUT2D eigenvalue weighted by Crippen LogP contribution is 2.40. The number of ether oxygens (including phenoxy) is 1. The standard InChI is InChI=1S/C33H49NO4Si/c1-24(2)29(31(36)37-32(3,4)5)34(9)30(35)25-17-16-18-26(23-25)38-39(33(6,7)8,27-19-12-10-13-20-27)28-21-14-11-15-22-28/h10-15,19-22,24-26,29H,16-18,23H2,1-9H3/t25-,26+,29?/m0/s1. The Bertz CT molecular complexity index is 1050. The maximum Gasteiger partial charge on any atom is 0.329 e. The van der Waals surface area contributed by atoms with Gasteiger partial charge >= 0.3 is 5.97 Å². The molecule has 0 heterocycles. The molecule has 0 bridgehead atoms. The topological polar surface area (TPSA) is 55.8 Å². The predicted octanol–water partition coefficient (Wildman–Crippen LogP) is 5.95. The number of carbonyl (C=O) groups excluding carboxylic acids is 2. The lowest BCUT2D eigenvalue weighted by Gasteiger charge is -2.46. The molecule has 1 saturated carbocycles. The summed E-state index contributed by atoms with van der Waals surface area (Å²) >= 11 is 0. The Morgan fingerprint density at radius 2 is 1.38 bits per heavy atom. The summed E-state index contributed by atoms with van der Waals surface area (Å²) in [6, 6.07) is 20.7. The first-order valence-corrected chi connectivity index (χ1v) is 16.4. The van der Waals surface area contributed by atoms with Crippen LogP contribution >= 0.6 is 0 Å². The van der Waals surface area contributed by atoms with Gasteiger partial charge in [0.05, 0.1) is 0 Å². The van der Waals surface area contributed by atoms with E-state index in [1.807, 2.05) is 34.6 Å². The Labute approximate surface area is 237 Å². The van der Waals surface area contributed by atoms with Crippen LogP contribution in [0.1, 0.15) is 81.1 Å². The van der Waals surface area contributed by atoms with Crippen LogP contribution in [-0.2, 0) is 18.8 Å². The Morgan fingerprint density at radius 1 is 0.872 bits per heavy atom. The average Bonchev–Trinajstić information content (AvgIpc) is 2.86. The van der Waals surface area contributed by atoms with E-state index >= 15 is 0 Å². The van der Waals surface area contributed by atoms with Crippen molar-refractivity contribution < 1.29 is 18.8 Å². The van der Waals surface area contributed by atoms with Gasteiger partial charge in [0.25, 0.3) is 8.32 Å². The second-order valence-corrected chi connectivity index (χ2v) is 17.7. The summed E-state index contributed by atoms with van der Waals surface area (Å²) in [4.78, 5) is 28.5. The summed E-state index contributed by atoms with van der Waals surface area (Å²) in [5.74, 6) is -0.572. The number of benzene rings is 2. The van der Waals surface area contributed by atoms with Crippen molar-refractivity contribution in [1.82, 2.24) is 4.90 Å². The summed E-state index contributed by atoms with van der Waals surface area (Å²) < 4.78 is 13.1. The first-order valence-electron chi connectivity index (χ1n) is 14.5. The van der Waals surface area contributed by atoms with Gasteiger partial charge in [0, 0.05) is 19.1 Å². The lowest BCUT2D eigenvalue weighted by atomic mass is 9.85. The van der Waals surface area contributed by atoms with E-state index in [9.17, 15) is 9.59 Å². The van der Waals surface area contributed by atoms with Crippen LogP contribution < -0.4 is 10.4 Å². The largest absolute Gasteiger partial charge is 0.458 e. The normalized spacial score (nSPS) is 19.4. The SMILES string of the molecule is CC(C)C(C(=O)OC(C)(C)C)N(C)C(=O)[C@H]1CCC[C@@H](O[Si](c2ccccc2)(c2ccccc2)C(C)(C)C)C1. The van der Waals surface area contributed by atoms with Crippen LogP contribution in [0.25, 0.3) is 0 Å². The molecule has 0 N–H and O–H groups in total. The molecule has 6 heteroatoms. The van der Waals surface area contributed by atoms with Crippen LogP contribution in [0, 0.1) is 11.8 Å². The van der Waals surface area contributed by atoms with Crippen molar-refractivity contribution in [2.45, 2.75) is 104 Å². The quantitative estimate of drug-likeness (QED) is 0.301. The maximum absolute atomic E-state index is 13.8. The highest BCUT2D eigenvalue weighted by atomic mass is 28.4. The molecule has 0 saturated heterocycles. The van der Waals surface area contributed by atoms with E-state index < -0.39 is 20.0 Å². The molecule has 1 aliphatic carbocycles. The molecule has 0 radical (unpaired) electrons. The van der Waals surface area contributed by atoms with Crippen molar-refractivity contribution in [3.05, 3.63) is 60.7 Å². The van der Waals surface area contributed by atoms with Crippen molar-refractivity contribution >= 4 is 30.6 Å². The molecule has 3 atom stereocenters. The molecule has 0 aliphatic heterocycles. The monoisotopic (exact) mass is 551 g/mol. The molecular weight excluding hydrogens is 502 g/mol. The minimum absolute atomic E-state index is 0.00954. The highest BCUT2D eigenvalue weighted by Gasteiger charge is 2.52. The van der Waals surface area contributed by atoms with Gasteiger partial charge in [-0.1, -0.05) is 102 Å². The van der Waals surface area contributed by atoms with E-state index in [0.29, 0.717) is 6.42 Å². The van der Waals surface area contributed by atoms with Gasteiger partial charge in [-0.3, -0.25) is 4.79 Å². The molecule has 5 nitrogen and oxygen atoms in total. The number of carbonyl (C=O) groups is 2. The summed E-state index contributed by atoms with van der Waals surface area (Å²) in [7, 11) is -0.958. The van der Waals surface area contributed by atoms with Crippen molar-refractivity contribution in [2.24, 2.45) is 11.8 Å². The summed E-state index contributed by atoms with van der Waals surface area (Å²) in [5.41, 5.74) is -0.603. The smallest absolute Gasteiger partial charge is 0.329 e. The van der Waals surface area contributed by atoms with Gasteiger partial charge in [-0.05, 0) is 61.4 Å². The molecule has 1 fully saturated rings. The van der Waals surface area contributed by atoms with Gasteiger partial charge in [-0.15, -0.1) is 0 Å². The zero-order valence-electron chi connectivity index (χ0n) is 25.5. The molecule has 1 unspecified atom stereocenters. The minimum Gasteiger partial charge on any atom is -0.458 e. The van der Waals surface area contributed by atoms with Gasteiger partial charge in [-0.2, -0.15) is 0 Å². The third-order valence-electron chi connectivity index (χ3n) is 7.78. The fourth-order valence-electron chi connectivity index (χ4n) is 6.08. The molecule has 3 rings (SSSR count). The number of amides is 1. The zero-order chi connectivity index (χ0) is 29.0. The number of likely N-dealkylation sites (N-methyl/N-ethyl adjacent to an activating group) is 1. The third-order valence-corrected chi connectivity index (χ3v) is 12.9. The van der Waals surface area contributed by atoms with Crippen molar-refractivity contribution in [2.75, 3.05) is 7.05 Å². The molecule has 2 aromatic rings. The van der Waals surface area contributed by atoms with E-state index in [4.69, 9.17) is 9.16 Å². The molecule has 0 spiro atoms. The van der Waals surface area contributed by atoms with Crippen LogP contribution in [0.3, 0.4) is 0 Å². The number of rotatable bonds is 8. The third kappa shape index (κ3) is 7.20. The number of hydrogen-bond acceptors (Lipinski definition) is 4. The molecular formula is C33H49NO4Si. The molecule has 1 amide bonds. The second kappa shape index (κ2) is 12.4. The number of hydrogen-bond donors (Lipinski definition) is 0. The van der Waals surface area contributed by atoms with Gasteiger partial charge in [-0.25, -0.2) is 4.79 Å². The van der Waals surface area contributed by atoms with Crippen molar-refractivity contribution in [1.29, 1.82) is 0 Å². The van der Waals surface area contributed by atoms with Crippen molar-refractivity contribution in [3.63, 3.8) is 0 Å². The first-order chi connectivity index (χ1) is 18.2. The lowest BCUT2D eigenvalue weighted by Crippen LogP contribution is -2.68. The van der Waals surface area contributed by atoms with Crippen LogP contribution in [0.15, 0.2) is 60.7 Å². The van der Waals surface area contributed by atoms with Gasteiger partial charge < -0.3 is 14.1 Å². The van der Waals surface area contributed by atoms with Gasteiger partial charge in [0.15, 0.2) is 0 Å². The van der Waals surface area contributed by atoms with Crippen LogP contribution in [-0.4, -0.2) is 49.9 Å². The Balaban J connectivity index is 1.90. The zero-order valence-corrected chi connectivity index (χ0v) is 26.5. The molecule has 214 valence electrons. The van der Waals surface area contributed by atoms with Crippen LogP contribution in [0.5, 0.6) is 0 Å². The van der Waals surface area contributed by atoms with E-state index in [1.54, 1.807) is 11.9 Å². The van der Waals surface area contributed by atoms with Gasteiger partial charge in [0.1, 0.15) is 11.6 Å². The fourth-order valence-corrected chi connectivity index (χ4v) is 10.8. The summed E-state index contributed by atoms with van der Waals surface area (Å²) in [6.45, 7) is 16.4.